The van der Waals surface area contributed by atoms with E-state index in [-0.39, 0.29) is 6.42 Å². The molecular weight excluding hydrogens is 356 g/mol. The summed E-state index contributed by atoms with van der Waals surface area (Å²) < 4.78 is 6.17. The van der Waals surface area contributed by atoms with Crippen LogP contribution in [0.1, 0.15) is 29.8 Å². The molecule has 4 rings (SSSR count). The van der Waals surface area contributed by atoms with Crippen LogP contribution >= 0.6 is 11.6 Å². The van der Waals surface area contributed by atoms with Gasteiger partial charge in [-0.2, -0.15) is 0 Å². The minimum Gasteiger partial charge on any atom is -0.364 e. The number of imide groups is 2. The Morgan fingerprint density at radius 3 is 2.12 bits per heavy atom. The number of hydrogen-bond donors (Lipinski definition) is 2. The van der Waals surface area contributed by atoms with E-state index < -0.39 is 35.5 Å². The summed E-state index contributed by atoms with van der Waals surface area (Å²) >= 11 is 5.95. The largest absolute Gasteiger partial charge is 0.364 e. The van der Waals surface area contributed by atoms with Gasteiger partial charge in [0.25, 0.3) is 0 Å². The van der Waals surface area contributed by atoms with E-state index in [4.69, 9.17) is 16.3 Å². The van der Waals surface area contributed by atoms with E-state index in [0.717, 1.165) is 5.56 Å². The molecule has 2 aromatic carbocycles. The number of urea groups is 1. The van der Waals surface area contributed by atoms with E-state index in [1.54, 1.807) is 24.3 Å². The number of amides is 4. The van der Waals surface area contributed by atoms with E-state index in [9.17, 15) is 14.4 Å². The van der Waals surface area contributed by atoms with Gasteiger partial charge in [-0.3, -0.25) is 20.2 Å². The minimum atomic E-state index is -1.53. The Labute approximate surface area is 154 Å². The molecule has 2 N–H and O–H groups in total. The van der Waals surface area contributed by atoms with Crippen LogP contribution in [-0.2, 0) is 14.3 Å². The fourth-order valence-electron chi connectivity index (χ4n) is 3.58. The fourth-order valence-corrected chi connectivity index (χ4v) is 3.71. The van der Waals surface area contributed by atoms with Crippen LogP contribution in [0.4, 0.5) is 4.79 Å². The third-order valence-corrected chi connectivity index (χ3v) is 5.12. The third-order valence-electron chi connectivity index (χ3n) is 4.86. The second-order valence-electron chi connectivity index (χ2n) is 6.38. The molecule has 2 aliphatic heterocycles. The topological polar surface area (TPSA) is 84.5 Å². The van der Waals surface area contributed by atoms with Crippen molar-refractivity contribution in [3.63, 3.8) is 0 Å². The summed E-state index contributed by atoms with van der Waals surface area (Å²) in [4.78, 5) is 37.1. The minimum absolute atomic E-state index is 0.134. The van der Waals surface area contributed by atoms with E-state index in [2.05, 4.69) is 10.6 Å². The van der Waals surface area contributed by atoms with Gasteiger partial charge in [0.1, 0.15) is 6.10 Å². The molecule has 2 fully saturated rings. The molecule has 6 nitrogen and oxygen atoms in total. The van der Waals surface area contributed by atoms with Gasteiger partial charge >= 0.3 is 6.03 Å². The Hall–Kier alpha value is -2.70. The number of benzene rings is 2. The van der Waals surface area contributed by atoms with Gasteiger partial charge in [-0.25, -0.2) is 4.79 Å². The highest BCUT2D eigenvalue weighted by molar-refractivity contribution is 6.30. The molecule has 0 saturated carbocycles. The summed E-state index contributed by atoms with van der Waals surface area (Å²) in [5.41, 5.74) is -0.0178. The number of halogens is 1. The average molecular weight is 371 g/mol. The number of nitrogens with one attached hydrogen (secondary N) is 2. The summed E-state index contributed by atoms with van der Waals surface area (Å²) in [5.74, 6) is -1.30. The molecule has 2 aliphatic rings. The second-order valence-corrected chi connectivity index (χ2v) is 6.82. The first kappa shape index (κ1) is 16.8. The predicted octanol–water partition coefficient (Wildman–Crippen LogP) is 2.90. The van der Waals surface area contributed by atoms with Crippen LogP contribution < -0.4 is 10.6 Å². The summed E-state index contributed by atoms with van der Waals surface area (Å²) in [6, 6.07) is 15.3. The van der Waals surface area contributed by atoms with Crippen molar-refractivity contribution in [1.29, 1.82) is 0 Å². The van der Waals surface area contributed by atoms with Crippen molar-refractivity contribution in [2.24, 2.45) is 5.41 Å². The standard InChI is InChI=1S/C19H15ClN2O4/c20-13-8-6-12(7-9-13)15-19(16(23)21-18(25)22-17(19)24)10-14(26-15)11-4-2-1-3-5-11/h1-9,14-15H,10H2,(H2,21,22,23,24,25)/t14-,15-/m1/s1. The number of carbonyl (C=O) groups is 3. The monoisotopic (exact) mass is 370 g/mol. The van der Waals surface area contributed by atoms with Gasteiger partial charge in [0.2, 0.25) is 11.8 Å². The molecule has 132 valence electrons. The first-order valence-corrected chi connectivity index (χ1v) is 8.51. The normalized spacial score (nSPS) is 24.4. The molecule has 0 aliphatic carbocycles. The summed E-state index contributed by atoms with van der Waals surface area (Å²) in [6.45, 7) is 0. The van der Waals surface area contributed by atoms with Gasteiger partial charge in [-0.1, -0.05) is 54.1 Å². The summed E-state index contributed by atoms with van der Waals surface area (Å²) in [6.07, 6.45) is -1.16. The lowest BCUT2D eigenvalue weighted by Crippen LogP contribution is -2.63. The molecule has 7 heteroatoms. The third kappa shape index (κ3) is 2.58. The first-order valence-electron chi connectivity index (χ1n) is 8.13. The number of carbonyl (C=O) groups excluding carboxylic acids is 3. The quantitative estimate of drug-likeness (QED) is 0.796. The van der Waals surface area contributed by atoms with Crippen LogP contribution in [0.5, 0.6) is 0 Å². The van der Waals surface area contributed by atoms with Crippen molar-refractivity contribution >= 4 is 29.4 Å². The Balaban J connectivity index is 1.80. The highest BCUT2D eigenvalue weighted by atomic mass is 35.5. The zero-order valence-corrected chi connectivity index (χ0v) is 14.3. The van der Waals surface area contributed by atoms with E-state index in [0.29, 0.717) is 10.6 Å². The van der Waals surface area contributed by atoms with E-state index in [1.165, 1.54) is 0 Å². The number of barbiturate groups is 1. The van der Waals surface area contributed by atoms with Crippen molar-refractivity contribution in [2.75, 3.05) is 0 Å². The van der Waals surface area contributed by atoms with Crippen LogP contribution in [-0.4, -0.2) is 17.8 Å². The number of ether oxygens (including phenoxy) is 1. The maximum Gasteiger partial charge on any atom is 0.328 e. The Morgan fingerprint density at radius 1 is 0.885 bits per heavy atom. The van der Waals surface area contributed by atoms with E-state index >= 15 is 0 Å². The smallest absolute Gasteiger partial charge is 0.328 e. The van der Waals surface area contributed by atoms with Crippen LogP contribution in [0.3, 0.4) is 0 Å². The van der Waals surface area contributed by atoms with Crippen molar-refractivity contribution in [1.82, 2.24) is 10.6 Å². The van der Waals surface area contributed by atoms with Gasteiger partial charge in [-0.05, 0) is 23.3 Å². The van der Waals surface area contributed by atoms with E-state index in [1.807, 2.05) is 30.3 Å². The lowest BCUT2D eigenvalue weighted by molar-refractivity contribution is -0.148. The second kappa shape index (κ2) is 6.23. The van der Waals surface area contributed by atoms with Gasteiger partial charge in [-0.15, -0.1) is 0 Å². The number of hydrogen-bond acceptors (Lipinski definition) is 4. The first-order chi connectivity index (χ1) is 12.5. The van der Waals surface area contributed by atoms with Crippen LogP contribution in [0.25, 0.3) is 0 Å². The SMILES string of the molecule is O=C1NC(=O)C2(C[C@H](c3ccccc3)O[C@@H]2c2ccc(Cl)cc2)C(=O)N1. The molecule has 2 heterocycles. The molecule has 2 saturated heterocycles. The Morgan fingerprint density at radius 2 is 1.50 bits per heavy atom. The maximum absolute atomic E-state index is 12.8. The van der Waals surface area contributed by atoms with Gasteiger partial charge in [0.05, 0.1) is 6.10 Å². The highest BCUT2D eigenvalue weighted by Crippen LogP contribution is 2.54. The lowest BCUT2D eigenvalue weighted by atomic mass is 9.74. The zero-order valence-electron chi connectivity index (χ0n) is 13.6. The molecule has 26 heavy (non-hydrogen) atoms. The van der Waals surface area contributed by atoms with Gasteiger partial charge in [0, 0.05) is 11.4 Å². The maximum atomic E-state index is 12.8. The predicted molar refractivity (Wildman–Crippen MR) is 93.2 cm³/mol. The highest BCUT2D eigenvalue weighted by Gasteiger charge is 2.62. The van der Waals surface area contributed by atoms with Crippen molar-refractivity contribution in [3.8, 4) is 0 Å². The van der Waals surface area contributed by atoms with Crippen LogP contribution in [0.15, 0.2) is 54.6 Å². The average Bonchev–Trinajstić information content (AvgIpc) is 3.03. The number of rotatable bonds is 2. The molecule has 0 aromatic heterocycles. The fraction of sp³-hybridized carbons (Fsp3) is 0.211. The molecule has 2 aromatic rings. The van der Waals surface area contributed by atoms with Crippen molar-refractivity contribution < 1.29 is 19.1 Å². The van der Waals surface area contributed by atoms with Gasteiger partial charge in [0.15, 0.2) is 5.41 Å². The summed E-state index contributed by atoms with van der Waals surface area (Å²) in [5, 5.41) is 4.95. The molecule has 1 spiro atoms. The molecule has 4 amide bonds. The molecule has 0 radical (unpaired) electrons. The molecule has 0 unspecified atom stereocenters. The Bertz CT molecular complexity index is 862. The van der Waals surface area contributed by atoms with Crippen molar-refractivity contribution in [3.05, 3.63) is 70.7 Å². The summed E-state index contributed by atoms with van der Waals surface area (Å²) in [7, 11) is 0. The van der Waals surface area contributed by atoms with Gasteiger partial charge < -0.3 is 4.74 Å². The zero-order chi connectivity index (χ0) is 18.3. The Kier molecular flexibility index (Phi) is 4.01. The van der Waals surface area contributed by atoms with Crippen molar-refractivity contribution in [2.45, 2.75) is 18.6 Å². The molecule has 2 atom stereocenters. The van der Waals surface area contributed by atoms with Crippen LogP contribution in [0, 0.1) is 5.41 Å². The van der Waals surface area contributed by atoms with Crippen LogP contribution in [0.2, 0.25) is 5.02 Å². The molecule has 0 bridgehead atoms. The lowest BCUT2D eigenvalue weighted by Gasteiger charge is -2.34. The molecular formula is C19H15ClN2O4.